The number of hydrogen-bond acceptors (Lipinski definition) is 6. The van der Waals surface area contributed by atoms with E-state index >= 15 is 0 Å². The Bertz CT molecular complexity index is 1220. The number of benzene rings is 2. The van der Waals surface area contributed by atoms with Crippen molar-refractivity contribution in [2.45, 2.75) is 19.3 Å². The average molecular weight is 478 g/mol. The van der Waals surface area contributed by atoms with Gasteiger partial charge in [-0.3, -0.25) is 9.69 Å². The Morgan fingerprint density at radius 3 is 2.52 bits per heavy atom. The van der Waals surface area contributed by atoms with Crippen LogP contribution >= 0.6 is 22.7 Å². The smallest absolute Gasteiger partial charge is 0.195 e. The summed E-state index contributed by atoms with van der Waals surface area (Å²) < 4.78 is 12.4. The SMILES string of the molecule is COc1ccc2c(C(=O)c3ccc(OCCN4CCCCC4)cc3)c(-c3cccs3)sc2c1. The van der Waals surface area contributed by atoms with E-state index in [0.29, 0.717) is 12.2 Å². The van der Waals surface area contributed by atoms with Gasteiger partial charge in [-0.25, -0.2) is 0 Å². The predicted molar refractivity (Wildman–Crippen MR) is 137 cm³/mol. The monoisotopic (exact) mass is 477 g/mol. The number of carbonyl (C=O) groups is 1. The number of rotatable bonds is 8. The molecule has 0 aliphatic carbocycles. The molecule has 1 aliphatic heterocycles. The van der Waals surface area contributed by atoms with Gasteiger partial charge in [0.25, 0.3) is 0 Å². The molecule has 3 heterocycles. The van der Waals surface area contributed by atoms with Gasteiger partial charge in [-0.15, -0.1) is 22.7 Å². The molecule has 0 radical (unpaired) electrons. The van der Waals surface area contributed by atoms with Crippen molar-refractivity contribution >= 4 is 38.5 Å². The van der Waals surface area contributed by atoms with Gasteiger partial charge in [-0.1, -0.05) is 12.5 Å². The van der Waals surface area contributed by atoms with Crippen LogP contribution in [0.5, 0.6) is 11.5 Å². The summed E-state index contributed by atoms with van der Waals surface area (Å²) >= 11 is 3.30. The van der Waals surface area contributed by atoms with E-state index in [2.05, 4.69) is 11.0 Å². The van der Waals surface area contributed by atoms with Crippen LogP contribution in [0.4, 0.5) is 0 Å². The summed E-state index contributed by atoms with van der Waals surface area (Å²) in [4.78, 5) is 18.2. The Morgan fingerprint density at radius 2 is 1.79 bits per heavy atom. The van der Waals surface area contributed by atoms with E-state index in [-0.39, 0.29) is 5.78 Å². The van der Waals surface area contributed by atoms with Crippen molar-refractivity contribution in [1.82, 2.24) is 4.90 Å². The van der Waals surface area contributed by atoms with Crippen LogP contribution in [-0.4, -0.2) is 44.0 Å². The molecule has 1 saturated heterocycles. The molecule has 2 aromatic heterocycles. The number of ketones is 1. The lowest BCUT2D eigenvalue weighted by molar-refractivity contribution is 0.104. The maximum atomic E-state index is 13.7. The Hall–Kier alpha value is -2.67. The first-order chi connectivity index (χ1) is 16.2. The number of piperidine rings is 1. The predicted octanol–water partition coefficient (Wildman–Crippen LogP) is 6.73. The van der Waals surface area contributed by atoms with Gasteiger partial charge in [0.2, 0.25) is 0 Å². The second-order valence-electron chi connectivity index (χ2n) is 8.25. The number of methoxy groups -OCH3 is 1. The molecule has 4 aromatic rings. The molecule has 33 heavy (non-hydrogen) atoms. The number of fused-ring (bicyclic) bond motifs is 1. The topological polar surface area (TPSA) is 38.8 Å². The van der Waals surface area contributed by atoms with Crippen LogP contribution < -0.4 is 9.47 Å². The molecule has 5 rings (SSSR count). The van der Waals surface area contributed by atoms with Gasteiger partial charge in [0.1, 0.15) is 18.1 Å². The molecule has 1 aliphatic rings. The lowest BCUT2D eigenvalue weighted by atomic mass is 9.99. The number of thiophene rings is 2. The van der Waals surface area contributed by atoms with Gasteiger partial charge < -0.3 is 9.47 Å². The molecule has 1 fully saturated rings. The van der Waals surface area contributed by atoms with E-state index < -0.39 is 0 Å². The molecule has 6 heteroatoms. The molecule has 0 atom stereocenters. The van der Waals surface area contributed by atoms with Gasteiger partial charge in [0.05, 0.1) is 12.0 Å². The van der Waals surface area contributed by atoms with Crippen molar-refractivity contribution in [3.63, 3.8) is 0 Å². The third-order valence-electron chi connectivity index (χ3n) is 6.11. The number of hydrogen-bond donors (Lipinski definition) is 0. The second-order valence-corrected chi connectivity index (χ2v) is 10.2. The summed E-state index contributed by atoms with van der Waals surface area (Å²) in [5.41, 5.74) is 1.44. The summed E-state index contributed by atoms with van der Waals surface area (Å²) in [6.45, 7) is 3.97. The number of likely N-dealkylation sites (tertiary alicyclic amines) is 1. The minimum absolute atomic E-state index is 0.0367. The Kier molecular flexibility index (Phi) is 6.76. The van der Waals surface area contributed by atoms with Crippen LogP contribution in [0.2, 0.25) is 0 Å². The fourth-order valence-electron chi connectivity index (χ4n) is 4.33. The Balaban J connectivity index is 1.37. The summed E-state index contributed by atoms with van der Waals surface area (Å²) in [6.07, 6.45) is 3.91. The van der Waals surface area contributed by atoms with Gasteiger partial charge in [-0.2, -0.15) is 0 Å². The lowest BCUT2D eigenvalue weighted by Crippen LogP contribution is -2.33. The second kappa shape index (κ2) is 10.1. The zero-order valence-electron chi connectivity index (χ0n) is 18.7. The minimum atomic E-state index is 0.0367. The highest BCUT2D eigenvalue weighted by Crippen LogP contribution is 2.42. The molecule has 0 unspecified atom stereocenters. The van der Waals surface area contributed by atoms with Crippen molar-refractivity contribution in [1.29, 1.82) is 0 Å². The van der Waals surface area contributed by atoms with Crippen LogP contribution in [0.3, 0.4) is 0 Å². The third kappa shape index (κ3) is 4.83. The Labute approximate surface area is 202 Å². The first kappa shape index (κ1) is 22.1. The normalized spacial score (nSPS) is 14.5. The van der Waals surface area contributed by atoms with Crippen LogP contribution in [-0.2, 0) is 0 Å². The zero-order chi connectivity index (χ0) is 22.6. The quantitative estimate of drug-likeness (QED) is 0.264. The number of carbonyl (C=O) groups excluding carboxylic acids is 1. The summed E-state index contributed by atoms with van der Waals surface area (Å²) in [5.74, 6) is 1.64. The summed E-state index contributed by atoms with van der Waals surface area (Å²) in [6, 6.07) is 17.6. The zero-order valence-corrected chi connectivity index (χ0v) is 20.3. The van der Waals surface area contributed by atoms with Crippen LogP contribution in [0.1, 0.15) is 35.2 Å². The molecular formula is C27H27NO3S2. The van der Waals surface area contributed by atoms with Gasteiger partial charge in [0.15, 0.2) is 5.78 Å². The minimum Gasteiger partial charge on any atom is -0.497 e. The van der Waals surface area contributed by atoms with Crippen molar-refractivity contribution in [3.8, 4) is 21.3 Å². The average Bonchev–Trinajstić information content (AvgIpc) is 3.52. The van der Waals surface area contributed by atoms with Crippen molar-refractivity contribution in [2.24, 2.45) is 0 Å². The number of ether oxygens (including phenoxy) is 2. The van der Waals surface area contributed by atoms with E-state index in [1.54, 1.807) is 29.8 Å². The van der Waals surface area contributed by atoms with Crippen LogP contribution in [0.25, 0.3) is 19.8 Å². The first-order valence-corrected chi connectivity index (χ1v) is 13.1. The van der Waals surface area contributed by atoms with E-state index in [1.165, 1.54) is 32.4 Å². The first-order valence-electron chi connectivity index (χ1n) is 11.4. The Morgan fingerprint density at radius 1 is 1.00 bits per heavy atom. The van der Waals surface area contributed by atoms with Crippen LogP contribution in [0.15, 0.2) is 60.0 Å². The van der Waals surface area contributed by atoms with Crippen molar-refractivity contribution in [3.05, 3.63) is 71.1 Å². The maximum Gasteiger partial charge on any atom is 0.195 e. The number of nitrogens with zero attached hydrogens (tertiary/aromatic N) is 1. The molecule has 0 amide bonds. The van der Waals surface area contributed by atoms with E-state index in [9.17, 15) is 4.79 Å². The maximum absolute atomic E-state index is 13.7. The van der Waals surface area contributed by atoms with E-state index in [1.807, 2.05) is 53.9 Å². The largest absolute Gasteiger partial charge is 0.497 e. The highest BCUT2D eigenvalue weighted by atomic mass is 32.1. The molecule has 4 nitrogen and oxygen atoms in total. The van der Waals surface area contributed by atoms with E-state index in [0.717, 1.165) is 43.4 Å². The highest BCUT2D eigenvalue weighted by Gasteiger charge is 2.22. The molecular weight excluding hydrogens is 450 g/mol. The lowest BCUT2D eigenvalue weighted by Gasteiger charge is -2.26. The van der Waals surface area contributed by atoms with Crippen LogP contribution in [0, 0.1) is 0 Å². The molecule has 170 valence electrons. The fraction of sp³-hybridized carbons (Fsp3) is 0.296. The van der Waals surface area contributed by atoms with E-state index in [4.69, 9.17) is 9.47 Å². The molecule has 0 N–H and O–H groups in total. The standard InChI is InChI=1S/C27H27NO3S2/c1-30-21-11-12-22-24(18-21)33-27(23-6-5-17-32-23)25(22)26(29)19-7-9-20(10-8-19)31-16-15-28-13-3-2-4-14-28/h5-12,17-18H,2-4,13-16H2,1H3. The third-order valence-corrected chi connectivity index (χ3v) is 8.31. The summed E-state index contributed by atoms with van der Waals surface area (Å²) in [7, 11) is 1.66. The van der Waals surface area contributed by atoms with Gasteiger partial charge >= 0.3 is 0 Å². The van der Waals surface area contributed by atoms with Crippen molar-refractivity contribution < 1.29 is 14.3 Å². The molecule has 2 aromatic carbocycles. The van der Waals surface area contributed by atoms with Gasteiger partial charge in [-0.05, 0) is 79.8 Å². The molecule has 0 saturated carbocycles. The molecule has 0 spiro atoms. The summed E-state index contributed by atoms with van der Waals surface area (Å²) in [5, 5.41) is 3.01. The fourth-order valence-corrected chi connectivity index (χ4v) is 6.42. The van der Waals surface area contributed by atoms with Gasteiger partial charge in [0, 0.05) is 32.6 Å². The highest BCUT2D eigenvalue weighted by molar-refractivity contribution is 7.26. The molecule has 0 bridgehead atoms. The van der Waals surface area contributed by atoms with Crippen molar-refractivity contribution in [2.75, 3.05) is 33.4 Å².